The van der Waals surface area contributed by atoms with Crippen molar-refractivity contribution in [2.75, 3.05) is 0 Å². The van der Waals surface area contributed by atoms with Crippen LogP contribution < -0.4 is 0 Å². The van der Waals surface area contributed by atoms with E-state index in [1.165, 1.54) is 30.4 Å². The third kappa shape index (κ3) is 3.97. The number of nitrogens with zero attached hydrogens (tertiary/aromatic N) is 1. The van der Waals surface area contributed by atoms with Crippen LogP contribution in [-0.2, 0) is 6.42 Å². The minimum atomic E-state index is -0.249. The van der Waals surface area contributed by atoms with Crippen LogP contribution in [-0.4, -0.2) is 16.2 Å². The van der Waals surface area contributed by atoms with Crippen LogP contribution in [0, 0.1) is 0 Å². The standard InChI is InChI=1S/C15H21NO/c17-15(14-5-3-1-2-4-6-14)8-7-13-9-11-16-12-10-13/h5,9-12,15,17H,1-4,6-8H2. The van der Waals surface area contributed by atoms with Gasteiger partial charge in [-0.3, -0.25) is 4.98 Å². The molecule has 1 heterocycles. The predicted octanol–water partition coefficient (Wildman–Crippen LogP) is 3.27. The molecule has 0 fully saturated rings. The third-order valence-electron chi connectivity index (χ3n) is 3.46. The van der Waals surface area contributed by atoms with E-state index in [-0.39, 0.29) is 6.10 Å². The average molecular weight is 231 g/mol. The van der Waals surface area contributed by atoms with Crippen LogP contribution in [0.2, 0.25) is 0 Å². The summed E-state index contributed by atoms with van der Waals surface area (Å²) in [4.78, 5) is 4.00. The van der Waals surface area contributed by atoms with Crippen molar-refractivity contribution in [2.24, 2.45) is 0 Å². The van der Waals surface area contributed by atoms with Crippen molar-refractivity contribution in [2.45, 2.75) is 51.0 Å². The Morgan fingerprint density at radius 3 is 2.82 bits per heavy atom. The Morgan fingerprint density at radius 2 is 2.00 bits per heavy atom. The summed E-state index contributed by atoms with van der Waals surface area (Å²) in [5.74, 6) is 0. The van der Waals surface area contributed by atoms with Gasteiger partial charge >= 0.3 is 0 Å². The predicted molar refractivity (Wildman–Crippen MR) is 69.7 cm³/mol. The minimum Gasteiger partial charge on any atom is -0.389 e. The molecule has 1 aromatic heterocycles. The first-order chi connectivity index (χ1) is 8.36. The normalized spacial score (nSPS) is 18.3. The Balaban J connectivity index is 1.84. The zero-order valence-corrected chi connectivity index (χ0v) is 10.3. The van der Waals surface area contributed by atoms with E-state index >= 15 is 0 Å². The molecule has 0 aliphatic heterocycles. The van der Waals surface area contributed by atoms with E-state index in [1.807, 2.05) is 24.5 Å². The van der Waals surface area contributed by atoms with Crippen LogP contribution in [0.4, 0.5) is 0 Å². The van der Waals surface area contributed by atoms with Gasteiger partial charge in [0.05, 0.1) is 6.10 Å². The summed E-state index contributed by atoms with van der Waals surface area (Å²) in [5, 5.41) is 10.2. The number of aliphatic hydroxyl groups is 1. The molecule has 1 aromatic rings. The molecule has 0 spiro atoms. The number of aryl methyl sites for hydroxylation is 1. The van der Waals surface area contributed by atoms with Crippen molar-refractivity contribution in [3.05, 3.63) is 41.7 Å². The highest BCUT2D eigenvalue weighted by molar-refractivity contribution is 5.13. The van der Waals surface area contributed by atoms with Crippen molar-refractivity contribution in [1.82, 2.24) is 4.98 Å². The van der Waals surface area contributed by atoms with Gasteiger partial charge in [0.2, 0.25) is 0 Å². The lowest BCUT2D eigenvalue weighted by atomic mass is 9.98. The van der Waals surface area contributed by atoms with E-state index in [4.69, 9.17) is 0 Å². The van der Waals surface area contributed by atoms with Gasteiger partial charge in [-0.2, -0.15) is 0 Å². The third-order valence-corrected chi connectivity index (χ3v) is 3.46. The molecule has 0 aromatic carbocycles. The monoisotopic (exact) mass is 231 g/mol. The van der Waals surface area contributed by atoms with E-state index < -0.39 is 0 Å². The van der Waals surface area contributed by atoms with Gasteiger partial charge in [-0.05, 0) is 61.8 Å². The van der Waals surface area contributed by atoms with Gasteiger partial charge in [0.25, 0.3) is 0 Å². The van der Waals surface area contributed by atoms with Crippen LogP contribution in [0.15, 0.2) is 36.2 Å². The second-order valence-electron chi connectivity index (χ2n) is 4.79. The van der Waals surface area contributed by atoms with Crippen LogP contribution >= 0.6 is 0 Å². The smallest absolute Gasteiger partial charge is 0.0753 e. The van der Waals surface area contributed by atoms with Crippen LogP contribution in [0.5, 0.6) is 0 Å². The largest absolute Gasteiger partial charge is 0.389 e. The second kappa shape index (κ2) is 6.55. The number of pyridine rings is 1. The Hall–Kier alpha value is -1.15. The Kier molecular flexibility index (Phi) is 4.75. The van der Waals surface area contributed by atoms with Crippen LogP contribution in [0.3, 0.4) is 0 Å². The molecule has 2 rings (SSSR count). The lowest BCUT2D eigenvalue weighted by molar-refractivity contribution is 0.196. The van der Waals surface area contributed by atoms with Gasteiger partial charge < -0.3 is 5.11 Å². The van der Waals surface area contributed by atoms with E-state index in [2.05, 4.69) is 11.1 Å². The molecule has 0 saturated heterocycles. The molecule has 0 amide bonds. The van der Waals surface area contributed by atoms with E-state index in [0.29, 0.717) is 0 Å². The van der Waals surface area contributed by atoms with Gasteiger partial charge in [0, 0.05) is 12.4 Å². The van der Waals surface area contributed by atoms with E-state index in [1.54, 1.807) is 0 Å². The van der Waals surface area contributed by atoms with Crippen molar-refractivity contribution < 1.29 is 5.11 Å². The number of rotatable bonds is 4. The molecule has 0 saturated carbocycles. The first-order valence-electron chi connectivity index (χ1n) is 6.62. The first-order valence-corrected chi connectivity index (χ1v) is 6.62. The fourth-order valence-electron chi connectivity index (χ4n) is 2.38. The highest BCUT2D eigenvalue weighted by Crippen LogP contribution is 2.22. The number of aliphatic hydroxyl groups excluding tert-OH is 1. The van der Waals surface area contributed by atoms with Gasteiger partial charge in [-0.15, -0.1) is 0 Å². The summed E-state index contributed by atoms with van der Waals surface area (Å²) in [6.07, 6.45) is 13.4. The van der Waals surface area contributed by atoms with Gasteiger partial charge in [-0.25, -0.2) is 0 Å². The summed E-state index contributed by atoms with van der Waals surface area (Å²) >= 11 is 0. The Morgan fingerprint density at radius 1 is 1.18 bits per heavy atom. The molecule has 0 radical (unpaired) electrons. The summed E-state index contributed by atoms with van der Waals surface area (Å²) in [6.45, 7) is 0. The molecule has 92 valence electrons. The molecule has 1 unspecified atom stereocenters. The molecule has 1 N–H and O–H groups in total. The fraction of sp³-hybridized carbons (Fsp3) is 0.533. The van der Waals surface area contributed by atoms with Gasteiger partial charge in [-0.1, -0.05) is 12.5 Å². The summed E-state index contributed by atoms with van der Waals surface area (Å²) in [6, 6.07) is 4.04. The Bertz CT molecular complexity index is 358. The van der Waals surface area contributed by atoms with Crippen molar-refractivity contribution in [3.8, 4) is 0 Å². The van der Waals surface area contributed by atoms with Crippen molar-refractivity contribution in [1.29, 1.82) is 0 Å². The molecule has 2 heteroatoms. The maximum absolute atomic E-state index is 10.2. The topological polar surface area (TPSA) is 33.1 Å². The molecular weight excluding hydrogens is 210 g/mol. The summed E-state index contributed by atoms with van der Waals surface area (Å²) in [7, 11) is 0. The highest BCUT2D eigenvalue weighted by atomic mass is 16.3. The molecule has 2 nitrogen and oxygen atoms in total. The highest BCUT2D eigenvalue weighted by Gasteiger charge is 2.12. The van der Waals surface area contributed by atoms with Crippen LogP contribution in [0.1, 0.15) is 44.1 Å². The number of hydrogen-bond donors (Lipinski definition) is 1. The molecule has 17 heavy (non-hydrogen) atoms. The second-order valence-corrected chi connectivity index (χ2v) is 4.79. The lowest BCUT2D eigenvalue weighted by Gasteiger charge is -2.14. The maximum Gasteiger partial charge on any atom is 0.0753 e. The van der Waals surface area contributed by atoms with Crippen molar-refractivity contribution >= 4 is 0 Å². The molecular formula is C15H21NO. The fourth-order valence-corrected chi connectivity index (χ4v) is 2.38. The van der Waals surface area contributed by atoms with Crippen LogP contribution in [0.25, 0.3) is 0 Å². The SMILES string of the molecule is OC(CCc1ccncc1)C1=CCCCCC1. The summed E-state index contributed by atoms with van der Waals surface area (Å²) in [5.41, 5.74) is 2.52. The van der Waals surface area contributed by atoms with E-state index in [9.17, 15) is 5.11 Å². The maximum atomic E-state index is 10.2. The first kappa shape index (κ1) is 12.3. The zero-order chi connectivity index (χ0) is 11.9. The van der Waals surface area contributed by atoms with Crippen molar-refractivity contribution in [3.63, 3.8) is 0 Å². The lowest BCUT2D eigenvalue weighted by Crippen LogP contribution is -2.11. The summed E-state index contributed by atoms with van der Waals surface area (Å²) < 4.78 is 0. The van der Waals surface area contributed by atoms with Gasteiger partial charge in [0.1, 0.15) is 0 Å². The molecule has 1 aliphatic carbocycles. The molecule has 1 atom stereocenters. The minimum absolute atomic E-state index is 0.249. The number of hydrogen-bond acceptors (Lipinski definition) is 2. The van der Waals surface area contributed by atoms with Gasteiger partial charge in [0.15, 0.2) is 0 Å². The number of aromatic nitrogens is 1. The Labute approximate surface area is 103 Å². The number of allylic oxidation sites excluding steroid dienone is 1. The molecule has 1 aliphatic rings. The molecule has 0 bridgehead atoms. The zero-order valence-electron chi connectivity index (χ0n) is 10.3. The quantitative estimate of drug-likeness (QED) is 0.807. The average Bonchev–Trinajstić information content (AvgIpc) is 2.66. The van der Waals surface area contributed by atoms with E-state index in [0.717, 1.165) is 25.7 Å².